The third-order valence-electron chi connectivity index (χ3n) is 6.82. The molecule has 6 heteroatoms. The van der Waals surface area contributed by atoms with E-state index in [0.29, 0.717) is 18.0 Å². The molecule has 0 radical (unpaired) electrons. The van der Waals surface area contributed by atoms with Crippen molar-refractivity contribution in [2.24, 2.45) is 5.92 Å². The Morgan fingerprint density at radius 1 is 0.969 bits per heavy atom. The molecule has 1 N–H and O–H groups in total. The van der Waals surface area contributed by atoms with E-state index in [2.05, 4.69) is 10.4 Å². The maximum absolute atomic E-state index is 13.4. The summed E-state index contributed by atoms with van der Waals surface area (Å²) < 4.78 is 1.80. The molecular formula is C26H28N4O2. The molecule has 0 spiro atoms. The Labute approximate surface area is 188 Å². The lowest BCUT2D eigenvalue weighted by atomic mass is 9.84. The predicted octanol–water partition coefficient (Wildman–Crippen LogP) is 3.96. The lowest BCUT2D eigenvalue weighted by Crippen LogP contribution is -2.49. The van der Waals surface area contributed by atoms with E-state index in [-0.39, 0.29) is 17.9 Å². The second-order valence-corrected chi connectivity index (χ2v) is 8.78. The van der Waals surface area contributed by atoms with Crippen LogP contribution in [-0.4, -0.2) is 38.6 Å². The van der Waals surface area contributed by atoms with E-state index in [0.717, 1.165) is 36.9 Å². The highest BCUT2D eigenvalue weighted by Gasteiger charge is 2.47. The van der Waals surface area contributed by atoms with Crippen LogP contribution in [0.2, 0.25) is 0 Å². The zero-order valence-corrected chi connectivity index (χ0v) is 18.1. The van der Waals surface area contributed by atoms with E-state index in [1.807, 2.05) is 71.8 Å². The van der Waals surface area contributed by atoms with Crippen LogP contribution in [0.1, 0.15) is 48.0 Å². The summed E-state index contributed by atoms with van der Waals surface area (Å²) in [6.07, 6.45) is 8.80. The molecule has 1 aliphatic heterocycles. The lowest BCUT2D eigenvalue weighted by molar-refractivity contribution is -0.125. The zero-order valence-electron chi connectivity index (χ0n) is 18.1. The SMILES string of the molecule is O=C(NCc1ccc(-n2cccn2)cc1)C1CC2CCCCC2N1C(=O)c1ccccc1. The van der Waals surface area contributed by atoms with Gasteiger partial charge in [-0.1, -0.05) is 43.2 Å². The molecule has 5 rings (SSSR count). The molecule has 2 amide bonds. The first-order chi connectivity index (χ1) is 15.7. The highest BCUT2D eigenvalue weighted by molar-refractivity contribution is 5.98. The van der Waals surface area contributed by atoms with Gasteiger partial charge in [-0.2, -0.15) is 5.10 Å². The molecule has 1 aliphatic carbocycles. The fourth-order valence-corrected chi connectivity index (χ4v) is 5.21. The monoisotopic (exact) mass is 428 g/mol. The van der Waals surface area contributed by atoms with E-state index in [1.165, 1.54) is 6.42 Å². The molecule has 3 aromatic rings. The van der Waals surface area contributed by atoms with Gasteiger partial charge < -0.3 is 10.2 Å². The molecule has 1 saturated carbocycles. The lowest BCUT2D eigenvalue weighted by Gasteiger charge is -2.33. The molecule has 0 bridgehead atoms. The second-order valence-electron chi connectivity index (χ2n) is 8.78. The molecular weight excluding hydrogens is 400 g/mol. The number of rotatable bonds is 5. The number of hydrogen-bond acceptors (Lipinski definition) is 3. The quantitative estimate of drug-likeness (QED) is 0.669. The Bertz CT molecular complexity index is 1060. The van der Waals surface area contributed by atoms with Crippen molar-refractivity contribution in [1.29, 1.82) is 0 Å². The van der Waals surface area contributed by atoms with Crippen LogP contribution in [0.3, 0.4) is 0 Å². The molecule has 2 aliphatic rings. The average molecular weight is 429 g/mol. The van der Waals surface area contributed by atoms with E-state index < -0.39 is 6.04 Å². The maximum Gasteiger partial charge on any atom is 0.254 e. The highest BCUT2D eigenvalue weighted by Crippen LogP contribution is 2.40. The van der Waals surface area contributed by atoms with Gasteiger partial charge in [-0.15, -0.1) is 0 Å². The van der Waals surface area contributed by atoms with Crippen LogP contribution in [0, 0.1) is 5.92 Å². The van der Waals surface area contributed by atoms with Crippen molar-refractivity contribution in [1.82, 2.24) is 20.0 Å². The fourth-order valence-electron chi connectivity index (χ4n) is 5.21. The van der Waals surface area contributed by atoms with Gasteiger partial charge in [0.05, 0.1) is 5.69 Å². The normalized spacial score (nSPS) is 22.4. The van der Waals surface area contributed by atoms with Crippen molar-refractivity contribution >= 4 is 11.8 Å². The van der Waals surface area contributed by atoms with Crippen LogP contribution in [0.5, 0.6) is 0 Å². The number of fused-ring (bicyclic) bond motifs is 1. The first-order valence-electron chi connectivity index (χ1n) is 11.4. The number of hydrogen-bond donors (Lipinski definition) is 1. The summed E-state index contributed by atoms with van der Waals surface area (Å²) >= 11 is 0. The van der Waals surface area contributed by atoms with Crippen LogP contribution in [-0.2, 0) is 11.3 Å². The Morgan fingerprint density at radius 3 is 2.50 bits per heavy atom. The number of aromatic nitrogens is 2. The summed E-state index contributed by atoms with van der Waals surface area (Å²) in [6, 6.07) is 19.0. The van der Waals surface area contributed by atoms with Gasteiger partial charge >= 0.3 is 0 Å². The molecule has 164 valence electrons. The summed E-state index contributed by atoms with van der Waals surface area (Å²) in [4.78, 5) is 28.5. The van der Waals surface area contributed by atoms with Gasteiger partial charge in [0.25, 0.3) is 5.91 Å². The molecule has 3 unspecified atom stereocenters. The average Bonchev–Trinajstić information content (AvgIpc) is 3.51. The first kappa shape index (κ1) is 20.5. The van der Waals surface area contributed by atoms with E-state index >= 15 is 0 Å². The maximum atomic E-state index is 13.4. The molecule has 2 heterocycles. The second kappa shape index (κ2) is 8.99. The van der Waals surface area contributed by atoms with Crippen molar-refractivity contribution in [2.45, 2.75) is 50.7 Å². The number of carbonyl (C=O) groups excluding carboxylic acids is 2. The zero-order chi connectivity index (χ0) is 21.9. The first-order valence-corrected chi connectivity index (χ1v) is 11.4. The predicted molar refractivity (Wildman–Crippen MR) is 122 cm³/mol. The van der Waals surface area contributed by atoms with E-state index in [4.69, 9.17) is 0 Å². The molecule has 2 fully saturated rings. The standard InChI is InChI=1S/C26H28N4O2/c31-25(27-18-19-11-13-22(14-12-19)29-16-6-15-28-29)24-17-21-9-4-5-10-23(21)30(24)26(32)20-7-2-1-3-8-20/h1-3,6-8,11-16,21,23-24H,4-5,9-10,17-18H2,(H,27,31). The van der Waals surface area contributed by atoms with Crippen molar-refractivity contribution in [2.75, 3.05) is 0 Å². The van der Waals surface area contributed by atoms with Crippen molar-refractivity contribution < 1.29 is 9.59 Å². The molecule has 6 nitrogen and oxygen atoms in total. The topological polar surface area (TPSA) is 67.2 Å². The summed E-state index contributed by atoms with van der Waals surface area (Å²) in [5, 5.41) is 7.32. The number of likely N-dealkylation sites (tertiary alicyclic amines) is 1. The van der Waals surface area contributed by atoms with Gasteiger partial charge in [0, 0.05) is 30.5 Å². The van der Waals surface area contributed by atoms with Gasteiger partial charge in [-0.3, -0.25) is 9.59 Å². The Morgan fingerprint density at radius 2 is 1.75 bits per heavy atom. The van der Waals surface area contributed by atoms with Crippen LogP contribution in [0.4, 0.5) is 0 Å². The van der Waals surface area contributed by atoms with Crippen LogP contribution in [0.15, 0.2) is 73.1 Å². The van der Waals surface area contributed by atoms with Gasteiger partial charge in [-0.25, -0.2) is 4.68 Å². The Hall–Kier alpha value is -3.41. The van der Waals surface area contributed by atoms with E-state index in [1.54, 1.807) is 10.9 Å². The summed E-state index contributed by atoms with van der Waals surface area (Å²) in [5.74, 6) is 0.337. The van der Waals surface area contributed by atoms with Crippen molar-refractivity contribution in [3.05, 3.63) is 84.2 Å². The Balaban J connectivity index is 1.29. The summed E-state index contributed by atoms with van der Waals surface area (Å²) in [6.45, 7) is 0.442. The summed E-state index contributed by atoms with van der Waals surface area (Å²) in [7, 11) is 0. The molecule has 32 heavy (non-hydrogen) atoms. The molecule has 2 aromatic carbocycles. The molecule has 1 saturated heterocycles. The highest BCUT2D eigenvalue weighted by atomic mass is 16.2. The Kier molecular flexibility index (Phi) is 5.75. The molecule has 1 aromatic heterocycles. The minimum absolute atomic E-state index is 0.0243. The third kappa shape index (κ3) is 4.05. The minimum Gasteiger partial charge on any atom is -0.350 e. The van der Waals surface area contributed by atoms with Crippen LogP contribution >= 0.6 is 0 Å². The van der Waals surface area contributed by atoms with Crippen LogP contribution < -0.4 is 5.32 Å². The fraction of sp³-hybridized carbons (Fsp3) is 0.346. The van der Waals surface area contributed by atoms with Crippen LogP contribution in [0.25, 0.3) is 5.69 Å². The van der Waals surface area contributed by atoms with Gasteiger partial charge in [0.15, 0.2) is 0 Å². The minimum atomic E-state index is -0.404. The largest absolute Gasteiger partial charge is 0.350 e. The van der Waals surface area contributed by atoms with Gasteiger partial charge in [0.2, 0.25) is 5.91 Å². The number of benzene rings is 2. The third-order valence-corrected chi connectivity index (χ3v) is 6.82. The summed E-state index contributed by atoms with van der Waals surface area (Å²) in [5.41, 5.74) is 2.65. The molecule has 3 atom stereocenters. The van der Waals surface area contributed by atoms with E-state index in [9.17, 15) is 9.59 Å². The van der Waals surface area contributed by atoms with Gasteiger partial charge in [-0.05, 0) is 61.1 Å². The number of nitrogens with one attached hydrogen (secondary N) is 1. The smallest absolute Gasteiger partial charge is 0.254 e. The van der Waals surface area contributed by atoms with Crippen molar-refractivity contribution in [3.8, 4) is 5.69 Å². The number of carbonyl (C=O) groups is 2. The number of amides is 2. The number of nitrogens with zero attached hydrogens (tertiary/aromatic N) is 3. The van der Waals surface area contributed by atoms with Crippen molar-refractivity contribution in [3.63, 3.8) is 0 Å². The van der Waals surface area contributed by atoms with Gasteiger partial charge in [0.1, 0.15) is 6.04 Å².